The van der Waals surface area contributed by atoms with Crippen molar-refractivity contribution >= 4 is 68.1 Å². The Hall–Kier alpha value is -1.72. The van der Waals surface area contributed by atoms with Gasteiger partial charge in [0.25, 0.3) is 0 Å². The Labute approximate surface area is 194 Å². The maximum atomic E-state index is 12.7. The molecule has 1 saturated heterocycles. The van der Waals surface area contributed by atoms with Gasteiger partial charge >= 0.3 is 22.4 Å². The van der Waals surface area contributed by atoms with Crippen LogP contribution in [0.25, 0.3) is 10.9 Å². The van der Waals surface area contributed by atoms with Crippen LogP contribution in [0.4, 0.5) is 9.59 Å². The van der Waals surface area contributed by atoms with Gasteiger partial charge in [0.05, 0.1) is 18.1 Å². The molecule has 13 heteroatoms. The molecular formula is C18H20Cl3N3O6S. The van der Waals surface area contributed by atoms with Crippen LogP contribution >= 0.6 is 34.8 Å². The molecule has 1 aromatic carbocycles. The minimum Gasteiger partial charge on any atom is -0.443 e. The fraction of sp³-hybridized carbons (Fsp3) is 0.444. The Morgan fingerprint density at radius 3 is 2.48 bits per heavy atom. The summed E-state index contributed by atoms with van der Waals surface area (Å²) < 4.78 is 34.8. The smallest absolute Gasteiger partial charge is 0.419 e. The van der Waals surface area contributed by atoms with Crippen LogP contribution in [-0.2, 0) is 19.2 Å². The predicted molar refractivity (Wildman–Crippen MR) is 117 cm³/mol. The number of nitrogens with zero attached hydrogens (tertiary/aromatic N) is 2. The zero-order chi connectivity index (χ0) is 23.2. The molecule has 1 aliphatic rings. The maximum absolute atomic E-state index is 12.7. The van der Waals surface area contributed by atoms with Crippen molar-refractivity contribution in [2.75, 3.05) is 13.2 Å². The van der Waals surface area contributed by atoms with E-state index in [4.69, 9.17) is 39.5 Å². The number of carbonyl (C=O) groups excluding carboxylic acids is 2. The Balaban J connectivity index is 1.91. The number of urea groups is 1. The number of halogens is 3. The highest BCUT2D eigenvalue weighted by atomic mass is 35.6. The van der Waals surface area contributed by atoms with Gasteiger partial charge in [-0.15, -0.1) is 0 Å². The number of hydrogen-bond donors (Lipinski definition) is 1. The van der Waals surface area contributed by atoms with E-state index in [1.54, 1.807) is 45.0 Å². The second-order valence-electron chi connectivity index (χ2n) is 7.82. The third kappa shape index (κ3) is 5.56. The van der Waals surface area contributed by atoms with Crippen LogP contribution in [0.3, 0.4) is 0 Å². The molecule has 9 nitrogen and oxygen atoms in total. The lowest BCUT2D eigenvalue weighted by molar-refractivity contribution is 0.0544. The zero-order valence-electron chi connectivity index (χ0n) is 16.8. The molecule has 2 amide bonds. The Morgan fingerprint density at radius 2 is 1.87 bits per heavy atom. The average molecular weight is 513 g/mol. The Bertz CT molecular complexity index is 1120. The van der Waals surface area contributed by atoms with Crippen molar-refractivity contribution in [3.05, 3.63) is 36.0 Å². The molecule has 1 fully saturated rings. The molecule has 31 heavy (non-hydrogen) atoms. The number of amides is 2. The fourth-order valence-corrected chi connectivity index (χ4v) is 4.43. The summed E-state index contributed by atoms with van der Waals surface area (Å²) in [5, 5.41) is 3.23. The quantitative estimate of drug-likeness (QED) is 0.618. The first-order valence-electron chi connectivity index (χ1n) is 9.06. The Morgan fingerprint density at radius 1 is 1.23 bits per heavy atom. The molecule has 1 unspecified atom stereocenters. The minimum absolute atomic E-state index is 0.274. The summed E-state index contributed by atoms with van der Waals surface area (Å²) in [4.78, 5) is 25.0. The fourth-order valence-electron chi connectivity index (χ4n) is 3.04. The number of fused-ring (bicyclic) bond motifs is 1. The summed E-state index contributed by atoms with van der Waals surface area (Å²) in [7, 11) is -4.50. The van der Waals surface area contributed by atoms with Crippen LogP contribution in [0.15, 0.2) is 30.5 Å². The third-order valence-corrected chi connectivity index (χ3v) is 5.82. The number of benzene rings is 1. The first kappa shape index (κ1) is 23.9. The lowest BCUT2D eigenvalue weighted by Gasteiger charge is -2.19. The minimum atomic E-state index is -4.50. The molecule has 3 rings (SSSR count). The monoisotopic (exact) mass is 511 g/mol. The SMILES string of the molecule is CC(C)(C)OC(=O)n1cc(C2CN(S(=O)(=O)OCC(Cl)(Cl)Cl)C(=O)N2)c2ccccc21. The first-order chi connectivity index (χ1) is 14.2. The van der Waals surface area contributed by atoms with Crippen LogP contribution in [-0.4, -0.2) is 52.0 Å². The van der Waals surface area contributed by atoms with Gasteiger partial charge in [0.15, 0.2) is 0 Å². The standard InChI is InChI=1S/C18H20Cl3N3O6S/c1-17(2,3)30-16(26)23-8-12(11-6-4-5-7-14(11)23)13-9-24(15(25)22-13)31(27,28)29-10-18(19,20)21/h4-8,13H,9-10H2,1-3H3,(H,22,25). The van der Waals surface area contributed by atoms with Gasteiger partial charge in [0.2, 0.25) is 3.79 Å². The van der Waals surface area contributed by atoms with Gasteiger partial charge in [-0.1, -0.05) is 53.0 Å². The molecule has 1 atom stereocenters. The Kier molecular flexibility index (Phi) is 6.43. The van der Waals surface area contributed by atoms with Gasteiger partial charge in [-0.2, -0.15) is 12.7 Å². The summed E-state index contributed by atoms with van der Waals surface area (Å²) in [5.41, 5.74) is 0.373. The molecule has 2 aromatic rings. The van der Waals surface area contributed by atoms with Crippen LogP contribution < -0.4 is 5.32 Å². The zero-order valence-corrected chi connectivity index (χ0v) is 19.8. The second kappa shape index (κ2) is 8.32. The molecule has 0 radical (unpaired) electrons. The van der Waals surface area contributed by atoms with E-state index in [2.05, 4.69) is 9.50 Å². The molecule has 170 valence electrons. The van der Waals surface area contributed by atoms with E-state index in [1.807, 2.05) is 0 Å². The largest absolute Gasteiger partial charge is 0.443 e. The van der Waals surface area contributed by atoms with E-state index < -0.39 is 44.5 Å². The van der Waals surface area contributed by atoms with E-state index in [0.717, 1.165) is 0 Å². The van der Waals surface area contributed by atoms with Gasteiger partial charge in [-0.05, 0) is 26.8 Å². The molecule has 2 heterocycles. The molecule has 1 aromatic heterocycles. The van der Waals surface area contributed by atoms with Crippen molar-refractivity contribution in [1.82, 2.24) is 14.2 Å². The lowest BCUT2D eigenvalue weighted by Crippen LogP contribution is -2.36. The number of aromatic nitrogens is 1. The lowest BCUT2D eigenvalue weighted by atomic mass is 10.1. The van der Waals surface area contributed by atoms with Crippen molar-refractivity contribution in [1.29, 1.82) is 0 Å². The molecule has 0 spiro atoms. The molecule has 0 bridgehead atoms. The highest BCUT2D eigenvalue weighted by molar-refractivity contribution is 7.84. The molecular weight excluding hydrogens is 493 g/mol. The highest BCUT2D eigenvalue weighted by Gasteiger charge is 2.41. The van der Waals surface area contributed by atoms with E-state index in [9.17, 15) is 18.0 Å². The van der Waals surface area contributed by atoms with Gasteiger partial charge in [0, 0.05) is 17.1 Å². The van der Waals surface area contributed by atoms with Crippen molar-refractivity contribution in [2.45, 2.75) is 36.2 Å². The summed E-state index contributed by atoms with van der Waals surface area (Å²) in [6, 6.07) is 5.35. The van der Waals surface area contributed by atoms with Crippen molar-refractivity contribution < 1.29 is 26.9 Å². The maximum Gasteiger partial charge on any atom is 0.419 e. The molecule has 0 aliphatic carbocycles. The summed E-state index contributed by atoms with van der Waals surface area (Å²) in [5.74, 6) is 0. The van der Waals surface area contributed by atoms with Crippen molar-refractivity contribution in [3.63, 3.8) is 0 Å². The highest BCUT2D eigenvalue weighted by Crippen LogP contribution is 2.32. The van der Waals surface area contributed by atoms with Crippen molar-refractivity contribution in [3.8, 4) is 0 Å². The van der Waals surface area contributed by atoms with Crippen LogP contribution in [0.1, 0.15) is 32.4 Å². The predicted octanol–water partition coefficient (Wildman–Crippen LogP) is 4.12. The molecule has 1 aliphatic heterocycles. The van der Waals surface area contributed by atoms with E-state index in [1.165, 1.54) is 10.8 Å². The van der Waals surface area contributed by atoms with Crippen LogP contribution in [0.5, 0.6) is 0 Å². The van der Waals surface area contributed by atoms with Gasteiger partial charge in [-0.25, -0.2) is 13.8 Å². The number of carbonyl (C=O) groups is 2. The summed E-state index contributed by atoms with van der Waals surface area (Å²) in [6.45, 7) is 4.20. The third-order valence-electron chi connectivity index (χ3n) is 4.22. The van der Waals surface area contributed by atoms with Crippen molar-refractivity contribution in [2.24, 2.45) is 0 Å². The van der Waals surface area contributed by atoms with E-state index in [0.29, 0.717) is 20.8 Å². The molecule has 1 N–H and O–H groups in total. The van der Waals surface area contributed by atoms with Gasteiger partial charge < -0.3 is 10.1 Å². The second-order valence-corrected chi connectivity index (χ2v) is 11.9. The van der Waals surface area contributed by atoms with Gasteiger partial charge in [-0.3, -0.25) is 4.57 Å². The normalized spacial score (nSPS) is 17.8. The average Bonchev–Trinajstić information content (AvgIpc) is 3.19. The number of ether oxygens (including phenoxy) is 1. The summed E-state index contributed by atoms with van der Waals surface area (Å²) >= 11 is 16.6. The van der Waals surface area contributed by atoms with Crippen LogP contribution in [0.2, 0.25) is 0 Å². The summed E-state index contributed by atoms with van der Waals surface area (Å²) in [6.07, 6.45) is 0.914. The van der Waals surface area contributed by atoms with E-state index in [-0.39, 0.29) is 6.54 Å². The number of alkyl halides is 3. The van der Waals surface area contributed by atoms with Gasteiger partial charge in [0.1, 0.15) is 12.2 Å². The number of hydrogen-bond acceptors (Lipinski definition) is 6. The van der Waals surface area contributed by atoms with E-state index >= 15 is 0 Å². The number of para-hydroxylation sites is 1. The molecule has 0 saturated carbocycles. The van der Waals surface area contributed by atoms with Crippen LogP contribution in [0, 0.1) is 0 Å². The first-order valence-corrected chi connectivity index (χ1v) is 11.6. The number of nitrogens with one attached hydrogen (secondary N) is 1. The number of rotatable bonds is 4. The topological polar surface area (TPSA) is 107 Å².